The first-order chi connectivity index (χ1) is 9.00. The number of rotatable bonds is 6. The van der Waals surface area contributed by atoms with E-state index in [0.29, 0.717) is 19.4 Å². The average molecular weight is 302 g/mol. The molecule has 19 heavy (non-hydrogen) atoms. The van der Waals surface area contributed by atoms with Gasteiger partial charge in [-0.05, 0) is 23.0 Å². The van der Waals surface area contributed by atoms with Gasteiger partial charge in [-0.2, -0.15) is 0 Å². The minimum Gasteiger partial charge on any atom is -0.615 e. The standard InChI is InChI=1S/C14H19FO2S2/c1-18-14(19(2)16)9-13(15,10-14)11-17-8-12-6-4-3-5-7-12/h3-7H,8-11H2,1-2H3/t13-,14-,19-/m0/s1. The van der Waals surface area contributed by atoms with Crippen LogP contribution in [0.15, 0.2) is 30.3 Å². The minimum absolute atomic E-state index is 0.0847. The van der Waals surface area contributed by atoms with Crippen LogP contribution in [0, 0.1) is 0 Å². The summed E-state index contributed by atoms with van der Waals surface area (Å²) < 4.78 is 31.1. The van der Waals surface area contributed by atoms with Gasteiger partial charge in [0.15, 0.2) is 4.08 Å². The maximum atomic E-state index is 14.4. The zero-order valence-corrected chi connectivity index (χ0v) is 12.9. The first kappa shape index (κ1) is 15.2. The molecule has 1 aromatic carbocycles. The van der Waals surface area contributed by atoms with E-state index in [0.717, 1.165) is 5.56 Å². The van der Waals surface area contributed by atoms with Gasteiger partial charge in [0.25, 0.3) is 0 Å². The van der Waals surface area contributed by atoms with Crippen molar-refractivity contribution >= 4 is 22.9 Å². The minimum atomic E-state index is -1.32. The van der Waals surface area contributed by atoms with E-state index in [1.165, 1.54) is 11.8 Å². The summed E-state index contributed by atoms with van der Waals surface area (Å²) in [4.78, 5) is 0. The van der Waals surface area contributed by atoms with Crippen molar-refractivity contribution in [3.8, 4) is 0 Å². The van der Waals surface area contributed by atoms with Crippen molar-refractivity contribution in [2.75, 3.05) is 19.1 Å². The second-order valence-corrected chi connectivity index (χ2v) is 8.19. The van der Waals surface area contributed by atoms with Crippen LogP contribution in [0.1, 0.15) is 18.4 Å². The van der Waals surface area contributed by atoms with Gasteiger partial charge >= 0.3 is 0 Å². The van der Waals surface area contributed by atoms with Gasteiger partial charge in [0.05, 0.1) is 19.5 Å². The third kappa shape index (κ3) is 3.45. The molecule has 1 aliphatic carbocycles. The molecule has 0 unspecified atom stereocenters. The Bertz CT molecular complexity index is 405. The highest BCUT2D eigenvalue weighted by atomic mass is 32.3. The first-order valence-corrected chi connectivity index (χ1v) is 8.97. The number of alkyl halides is 1. The molecule has 0 bridgehead atoms. The highest BCUT2D eigenvalue weighted by Crippen LogP contribution is 2.54. The quantitative estimate of drug-likeness (QED) is 0.757. The zero-order chi connectivity index (χ0) is 13.9. The number of ether oxygens (including phenoxy) is 1. The number of hydrogen-bond donors (Lipinski definition) is 0. The lowest BCUT2D eigenvalue weighted by molar-refractivity contribution is -0.0434. The molecule has 2 nitrogen and oxygen atoms in total. The van der Waals surface area contributed by atoms with Crippen LogP contribution in [0.25, 0.3) is 0 Å². The predicted molar refractivity (Wildman–Crippen MR) is 79.5 cm³/mol. The molecular weight excluding hydrogens is 283 g/mol. The van der Waals surface area contributed by atoms with Gasteiger partial charge in [-0.3, -0.25) is 0 Å². The van der Waals surface area contributed by atoms with E-state index in [2.05, 4.69) is 0 Å². The Morgan fingerprint density at radius 1 is 1.37 bits per heavy atom. The molecule has 0 heterocycles. The Hall–Kier alpha value is -0.230. The molecule has 1 fully saturated rings. The van der Waals surface area contributed by atoms with Crippen LogP contribution >= 0.6 is 11.8 Å². The lowest BCUT2D eigenvalue weighted by Crippen LogP contribution is -2.58. The van der Waals surface area contributed by atoms with Crippen LogP contribution in [-0.2, 0) is 22.5 Å². The molecule has 0 aliphatic heterocycles. The zero-order valence-electron chi connectivity index (χ0n) is 11.2. The molecular formula is C14H19FO2S2. The first-order valence-electron chi connectivity index (χ1n) is 6.19. The lowest BCUT2D eigenvalue weighted by atomic mass is 9.81. The molecule has 1 aliphatic rings. The van der Waals surface area contributed by atoms with Gasteiger partial charge in [0.1, 0.15) is 5.67 Å². The lowest BCUT2D eigenvalue weighted by Gasteiger charge is -2.48. The normalized spacial score (nSPS) is 31.8. The van der Waals surface area contributed by atoms with Crippen molar-refractivity contribution in [2.45, 2.75) is 29.2 Å². The molecule has 5 heteroatoms. The van der Waals surface area contributed by atoms with E-state index in [-0.39, 0.29) is 6.61 Å². The molecule has 0 amide bonds. The van der Waals surface area contributed by atoms with Crippen LogP contribution in [0.2, 0.25) is 0 Å². The van der Waals surface area contributed by atoms with Gasteiger partial charge in [-0.1, -0.05) is 30.3 Å². The highest BCUT2D eigenvalue weighted by molar-refractivity contribution is 8.14. The SMILES string of the molecule is CS[C@]1([S@+](C)[O-])C[C@@](F)(COCc2ccccc2)C1. The van der Waals surface area contributed by atoms with Crippen LogP contribution in [0.3, 0.4) is 0 Å². The Labute approximate surface area is 121 Å². The van der Waals surface area contributed by atoms with Crippen molar-refractivity contribution in [1.29, 1.82) is 0 Å². The summed E-state index contributed by atoms with van der Waals surface area (Å²) in [6.45, 7) is 0.509. The highest BCUT2D eigenvalue weighted by Gasteiger charge is 2.61. The van der Waals surface area contributed by atoms with Gasteiger partial charge in [-0.15, -0.1) is 11.8 Å². The van der Waals surface area contributed by atoms with E-state index >= 15 is 0 Å². The van der Waals surface area contributed by atoms with Crippen molar-refractivity contribution in [3.63, 3.8) is 0 Å². The number of halogens is 1. The second kappa shape index (κ2) is 6.04. The van der Waals surface area contributed by atoms with Crippen LogP contribution in [-0.4, -0.2) is 33.4 Å². The summed E-state index contributed by atoms with van der Waals surface area (Å²) in [7, 11) is 0. The second-order valence-electron chi connectivity index (χ2n) is 5.05. The van der Waals surface area contributed by atoms with E-state index in [4.69, 9.17) is 4.74 Å². The van der Waals surface area contributed by atoms with Crippen molar-refractivity contribution < 1.29 is 13.7 Å². The fourth-order valence-corrected chi connectivity index (χ4v) is 5.08. The van der Waals surface area contributed by atoms with Crippen LogP contribution in [0.5, 0.6) is 0 Å². The third-order valence-corrected chi connectivity index (χ3v) is 7.11. The summed E-state index contributed by atoms with van der Waals surface area (Å²) in [5.74, 6) is 0. The van der Waals surface area contributed by atoms with Crippen LogP contribution < -0.4 is 0 Å². The van der Waals surface area contributed by atoms with Gasteiger partial charge in [-0.25, -0.2) is 4.39 Å². The Kier molecular flexibility index (Phi) is 4.82. The fourth-order valence-electron chi connectivity index (χ4n) is 2.41. The molecule has 0 aromatic heterocycles. The van der Waals surface area contributed by atoms with Crippen LogP contribution in [0.4, 0.5) is 4.39 Å². The van der Waals surface area contributed by atoms with E-state index in [1.54, 1.807) is 6.26 Å². The molecule has 0 saturated heterocycles. The average Bonchev–Trinajstić information content (AvgIpc) is 2.36. The summed E-state index contributed by atoms with van der Waals surface area (Å²) in [5.41, 5.74) is -0.274. The van der Waals surface area contributed by atoms with Gasteiger partial charge < -0.3 is 9.29 Å². The maximum absolute atomic E-state index is 14.4. The van der Waals surface area contributed by atoms with Gasteiger partial charge in [0.2, 0.25) is 0 Å². The molecule has 1 atom stereocenters. The van der Waals surface area contributed by atoms with Crippen molar-refractivity contribution in [1.82, 2.24) is 0 Å². The maximum Gasteiger partial charge on any atom is 0.176 e. The van der Waals surface area contributed by atoms with Crippen molar-refractivity contribution in [2.24, 2.45) is 0 Å². The molecule has 2 rings (SSSR count). The predicted octanol–water partition coefficient (Wildman–Crippen LogP) is 3.14. The number of thioether (sulfide) groups is 1. The summed E-state index contributed by atoms with van der Waals surface area (Å²) >= 11 is 0.501. The smallest absolute Gasteiger partial charge is 0.176 e. The summed E-state index contributed by atoms with van der Waals surface area (Å²) in [6, 6.07) is 9.73. The molecule has 106 valence electrons. The van der Waals surface area contributed by atoms with E-state index in [1.807, 2.05) is 36.6 Å². The van der Waals surface area contributed by atoms with E-state index in [9.17, 15) is 8.94 Å². The third-order valence-electron chi connectivity index (χ3n) is 3.54. The molecule has 1 saturated carbocycles. The van der Waals surface area contributed by atoms with E-state index < -0.39 is 20.9 Å². The summed E-state index contributed by atoms with van der Waals surface area (Å²) in [5, 5.41) is 0. The molecule has 0 spiro atoms. The Morgan fingerprint density at radius 2 is 2.00 bits per heavy atom. The molecule has 1 aromatic rings. The largest absolute Gasteiger partial charge is 0.615 e. The Morgan fingerprint density at radius 3 is 2.53 bits per heavy atom. The Balaban J connectivity index is 1.79. The van der Waals surface area contributed by atoms with Crippen molar-refractivity contribution in [3.05, 3.63) is 35.9 Å². The molecule has 0 N–H and O–H groups in total. The van der Waals surface area contributed by atoms with Gasteiger partial charge in [0, 0.05) is 12.8 Å². The summed E-state index contributed by atoms with van der Waals surface area (Å²) in [6.07, 6.45) is 4.19. The topological polar surface area (TPSA) is 32.3 Å². The monoisotopic (exact) mass is 302 g/mol. The molecule has 0 radical (unpaired) electrons. The number of benzene rings is 1. The fraction of sp³-hybridized carbons (Fsp3) is 0.571. The number of hydrogen-bond acceptors (Lipinski definition) is 3.